The quantitative estimate of drug-likeness (QED) is 0.813. The van der Waals surface area contributed by atoms with Crippen LogP contribution in [0.2, 0.25) is 0 Å². The van der Waals surface area contributed by atoms with E-state index < -0.39 is 17.8 Å². The Kier molecular flexibility index (Phi) is 4.56. The standard InChI is InChI=1S/C15H16N2O4S/c1-8(2)21-15(20)13-12(17(9(3)18)10(4)19)11-6-5-7-16-14(11)22-13/h5-8H,1-4H3. The van der Waals surface area contributed by atoms with Gasteiger partial charge in [-0.25, -0.2) is 14.7 Å². The van der Waals surface area contributed by atoms with Crippen LogP contribution in [0.4, 0.5) is 5.69 Å². The molecule has 0 aliphatic carbocycles. The molecule has 0 unspecified atom stereocenters. The zero-order valence-electron chi connectivity index (χ0n) is 12.7. The molecule has 22 heavy (non-hydrogen) atoms. The smallest absolute Gasteiger partial charge is 0.350 e. The number of rotatable bonds is 3. The summed E-state index contributed by atoms with van der Waals surface area (Å²) in [4.78, 5) is 42.0. The van der Waals surface area contributed by atoms with Crippen molar-refractivity contribution in [1.82, 2.24) is 4.98 Å². The van der Waals surface area contributed by atoms with Gasteiger partial charge < -0.3 is 4.74 Å². The third kappa shape index (κ3) is 2.99. The second kappa shape index (κ2) is 6.23. The zero-order valence-corrected chi connectivity index (χ0v) is 13.6. The number of carbonyl (C=O) groups is 3. The van der Waals surface area contributed by atoms with E-state index in [0.29, 0.717) is 10.2 Å². The van der Waals surface area contributed by atoms with Crippen LogP contribution in [0.3, 0.4) is 0 Å². The van der Waals surface area contributed by atoms with Gasteiger partial charge in [-0.05, 0) is 26.0 Å². The highest BCUT2D eigenvalue weighted by Crippen LogP contribution is 2.38. The molecule has 2 amide bonds. The minimum absolute atomic E-state index is 0.202. The number of hydrogen-bond donors (Lipinski definition) is 0. The van der Waals surface area contributed by atoms with Gasteiger partial charge in [0.05, 0.1) is 11.8 Å². The van der Waals surface area contributed by atoms with Gasteiger partial charge in [0.25, 0.3) is 0 Å². The molecule has 0 atom stereocenters. The maximum absolute atomic E-state index is 12.3. The highest BCUT2D eigenvalue weighted by Gasteiger charge is 2.29. The number of nitrogens with zero attached hydrogens (tertiary/aromatic N) is 2. The van der Waals surface area contributed by atoms with E-state index in [2.05, 4.69) is 4.98 Å². The summed E-state index contributed by atoms with van der Waals surface area (Å²) in [5, 5.41) is 0.577. The molecule has 0 saturated heterocycles. The predicted octanol–water partition coefficient (Wildman–Crippen LogP) is 2.76. The average Bonchev–Trinajstić information content (AvgIpc) is 2.77. The third-order valence-electron chi connectivity index (χ3n) is 2.82. The molecule has 0 radical (unpaired) electrons. The Balaban J connectivity index is 2.70. The number of hydrogen-bond acceptors (Lipinski definition) is 6. The van der Waals surface area contributed by atoms with Gasteiger partial charge in [-0.3, -0.25) is 9.59 Å². The summed E-state index contributed by atoms with van der Waals surface area (Å²) in [5.74, 6) is -1.50. The summed E-state index contributed by atoms with van der Waals surface area (Å²) in [6, 6.07) is 3.41. The first-order valence-corrected chi connectivity index (χ1v) is 7.54. The Morgan fingerprint density at radius 2 is 1.86 bits per heavy atom. The fourth-order valence-corrected chi connectivity index (χ4v) is 3.10. The minimum atomic E-state index is -0.569. The lowest BCUT2D eigenvalue weighted by Crippen LogP contribution is -2.34. The van der Waals surface area contributed by atoms with Crippen molar-refractivity contribution >= 4 is 45.0 Å². The number of imide groups is 1. The average molecular weight is 320 g/mol. The maximum Gasteiger partial charge on any atom is 0.350 e. The van der Waals surface area contributed by atoms with E-state index in [0.717, 1.165) is 16.2 Å². The Bertz CT molecular complexity index is 737. The summed E-state index contributed by atoms with van der Waals surface area (Å²) in [6.07, 6.45) is 1.29. The van der Waals surface area contributed by atoms with Gasteiger partial charge in [-0.15, -0.1) is 11.3 Å². The molecule has 0 spiro atoms. The first-order valence-electron chi connectivity index (χ1n) is 6.72. The second-order valence-electron chi connectivity index (χ2n) is 4.96. The molecule has 2 aromatic rings. The van der Waals surface area contributed by atoms with Crippen molar-refractivity contribution in [3.63, 3.8) is 0 Å². The third-order valence-corrected chi connectivity index (χ3v) is 3.90. The number of thiophene rings is 1. The second-order valence-corrected chi connectivity index (χ2v) is 5.96. The monoisotopic (exact) mass is 320 g/mol. The summed E-state index contributed by atoms with van der Waals surface area (Å²) >= 11 is 1.11. The topological polar surface area (TPSA) is 76.6 Å². The first-order chi connectivity index (χ1) is 10.3. The summed E-state index contributed by atoms with van der Waals surface area (Å²) in [5.41, 5.74) is 0.249. The van der Waals surface area contributed by atoms with Crippen LogP contribution in [0, 0.1) is 0 Å². The Morgan fingerprint density at radius 1 is 1.23 bits per heavy atom. The van der Waals surface area contributed by atoms with Crippen molar-refractivity contribution in [2.45, 2.75) is 33.8 Å². The molecule has 7 heteroatoms. The normalized spacial score (nSPS) is 10.8. The van der Waals surface area contributed by atoms with E-state index in [4.69, 9.17) is 4.74 Å². The van der Waals surface area contributed by atoms with Crippen LogP contribution in [0.15, 0.2) is 18.3 Å². The van der Waals surface area contributed by atoms with E-state index in [9.17, 15) is 14.4 Å². The van der Waals surface area contributed by atoms with Gasteiger partial charge in [0, 0.05) is 25.4 Å². The van der Waals surface area contributed by atoms with Crippen molar-refractivity contribution in [2.24, 2.45) is 0 Å². The number of pyridine rings is 1. The maximum atomic E-state index is 12.3. The predicted molar refractivity (Wildman–Crippen MR) is 84.0 cm³/mol. The van der Waals surface area contributed by atoms with Crippen LogP contribution in [0.25, 0.3) is 10.2 Å². The number of ether oxygens (including phenoxy) is 1. The van der Waals surface area contributed by atoms with Crippen molar-refractivity contribution in [3.05, 3.63) is 23.2 Å². The lowest BCUT2D eigenvalue weighted by molar-refractivity contribution is -0.124. The molecule has 0 aliphatic rings. The molecule has 6 nitrogen and oxygen atoms in total. The highest BCUT2D eigenvalue weighted by atomic mass is 32.1. The highest BCUT2D eigenvalue weighted by molar-refractivity contribution is 7.21. The van der Waals surface area contributed by atoms with Crippen molar-refractivity contribution in [1.29, 1.82) is 0 Å². The Hall–Kier alpha value is -2.28. The number of amides is 2. The van der Waals surface area contributed by atoms with Gasteiger partial charge in [-0.1, -0.05) is 0 Å². The molecule has 0 aromatic carbocycles. The van der Waals surface area contributed by atoms with Crippen molar-refractivity contribution in [2.75, 3.05) is 4.90 Å². The fraction of sp³-hybridized carbons (Fsp3) is 0.333. The van der Waals surface area contributed by atoms with Crippen LogP contribution in [0.1, 0.15) is 37.4 Å². The molecule has 0 fully saturated rings. The molecular formula is C15H16N2O4S. The Morgan fingerprint density at radius 3 is 2.41 bits per heavy atom. The van der Waals surface area contributed by atoms with Crippen molar-refractivity contribution < 1.29 is 19.1 Å². The molecule has 0 bridgehead atoms. The van der Waals surface area contributed by atoms with E-state index in [-0.39, 0.29) is 16.7 Å². The number of esters is 1. The summed E-state index contributed by atoms with van der Waals surface area (Å²) < 4.78 is 5.21. The molecule has 0 aliphatic heterocycles. The van der Waals surface area contributed by atoms with E-state index >= 15 is 0 Å². The van der Waals surface area contributed by atoms with Crippen LogP contribution < -0.4 is 4.90 Å². The molecule has 0 N–H and O–H groups in total. The number of aromatic nitrogens is 1. The van der Waals surface area contributed by atoms with Gasteiger partial charge in [0.2, 0.25) is 11.8 Å². The zero-order chi connectivity index (χ0) is 16.4. The van der Waals surface area contributed by atoms with Gasteiger partial charge in [0.1, 0.15) is 9.71 Å². The summed E-state index contributed by atoms with van der Waals surface area (Å²) in [6.45, 7) is 6.02. The van der Waals surface area contributed by atoms with Gasteiger partial charge >= 0.3 is 5.97 Å². The lowest BCUT2D eigenvalue weighted by Gasteiger charge is -2.18. The number of carbonyl (C=O) groups excluding carboxylic acids is 3. The largest absolute Gasteiger partial charge is 0.459 e. The molecule has 2 rings (SSSR count). The van der Waals surface area contributed by atoms with E-state index in [1.807, 2.05) is 0 Å². The molecular weight excluding hydrogens is 304 g/mol. The minimum Gasteiger partial charge on any atom is -0.459 e. The lowest BCUT2D eigenvalue weighted by atomic mass is 10.2. The molecule has 2 aromatic heterocycles. The summed E-state index contributed by atoms with van der Waals surface area (Å²) in [7, 11) is 0. The van der Waals surface area contributed by atoms with Gasteiger partial charge in [-0.2, -0.15) is 0 Å². The number of anilines is 1. The fourth-order valence-electron chi connectivity index (χ4n) is 2.08. The molecule has 116 valence electrons. The van der Waals surface area contributed by atoms with Crippen LogP contribution in [-0.2, 0) is 14.3 Å². The van der Waals surface area contributed by atoms with Crippen LogP contribution >= 0.6 is 11.3 Å². The van der Waals surface area contributed by atoms with Crippen molar-refractivity contribution in [3.8, 4) is 0 Å². The van der Waals surface area contributed by atoms with E-state index in [1.54, 1.807) is 32.2 Å². The Labute approximate surface area is 131 Å². The molecule has 2 heterocycles. The first kappa shape index (κ1) is 16.1. The van der Waals surface area contributed by atoms with Crippen LogP contribution in [0.5, 0.6) is 0 Å². The van der Waals surface area contributed by atoms with Crippen LogP contribution in [-0.4, -0.2) is 28.9 Å². The number of fused-ring (bicyclic) bond motifs is 1. The van der Waals surface area contributed by atoms with E-state index in [1.165, 1.54) is 13.8 Å². The SMILES string of the molecule is CC(=O)N(C(C)=O)c1c(C(=O)OC(C)C)sc2ncccc12. The molecule has 0 saturated carbocycles. The van der Waals surface area contributed by atoms with Gasteiger partial charge in [0.15, 0.2) is 0 Å².